The zero-order valence-electron chi connectivity index (χ0n) is 15.6. The first-order chi connectivity index (χ1) is 12.8. The van der Waals surface area contributed by atoms with E-state index < -0.39 is 20.5 Å². The zero-order valence-corrected chi connectivity index (χ0v) is 17.2. The largest absolute Gasteiger partial charge is 0.351 e. The van der Waals surface area contributed by atoms with Gasteiger partial charge in [-0.25, -0.2) is 8.42 Å². The molecule has 1 saturated carbocycles. The summed E-state index contributed by atoms with van der Waals surface area (Å²) >= 11 is 5.89. The monoisotopic (exact) mass is 405 g/mol. The highest BCUT2D eigenvalue weighted by molar-refractivity contribution is 7.93. The molecule has 1 amide bonds. The second-order valence-corrected chi connectivity index (χ2v) is 9.95. The van der Waals surface area contributed by atoms with Crippen molar-refractivity contribution in [1.82, 2.24) is 5.32 Å². The van der Waals surface area contributed by atoms with Crippen LogP contribution in [0.25, 0.3) is 0 Å². The predicted octanol–water partition coefficient (Wildman–Crippen LogP) is 4.36. The highest BCUT2D eigenvalue weighted by Crippen LogP contribution is 2.41. The quantitative estimate of drug-likeness (QED) is 0.803. The number of benzene rings is 2. The van der Waals surface area contributed by atoms with Crippen molar-refractivity contribution >= 4 is 27.3 Å². The van der Waals surface area contributed by atoms with Crippen molar-refractivity contribution in [2.45, 2.75) is 55.7 Å². The molecule has 144 valence electrons. The number of sulfone groups is 1. The molecule has 1 aliphatic rings. The number of amides is 1. The van der Waals surface area contributed by atoms with Crippen molar-refractivity contribution in [1.29, 1.82) is 0 Å². The van der Waals surface area contributed by atoms with E-state index in [9.17, 15) is 13.2 Å². The Hall–Kier alpha value is -1.85. The van der Waals surface area contributed by atoms with Gasteiger partial charge in [0.05, 0.1) is 4.90 Å². The van der Waals surface area contributed by atoms with Gasteiger partial charge in [0.1, 0.15) is 0 Å². The molecule has 2 aromatic carbocycles. The van der Waals surface area contributed by atoms with Crippen LogP contribution < -0.4 is 5.32 Å². The summed E-state index contributed by atoms with van der Waals surface area (Å²) in [6, 6.07) is 12.5. The molecule has 0 aromatic heterocycles. The Labute approximate surface area is 165 Å². The molecule has 3 rings (SSSR count). The zero-order chi connectivity index (χ0) is 19.7. The van der Waals surface area contributed by atoms with E-state index in [0.29, 0.717) is 23.4 Å². The molecule has 2 aromatic rings. The topological polar surface area (TPSA) is 63.2 Å². The Morgan fingerprint density at radius 1 is 1.07 bits per heavy atom. The van der Waals surface area contributed by atoms with E-state index in [1.807, 2.05) is 25.1 Å². The van der Waals surface area contributed by atoms with Crippen LogP contribution >= 0.6 is 11.6 Å². The number of carbonyl (C=O) groups is 1. The number of hydrogen-bond acceptors (Lipinski definition) is 3. The third kappa shape index (κ3) is 3.76. The Bertz CT molecular complexity index is 946. The van der Waals surface area contributed by atoms with Gasteiger partial charge in [0.15, 0.2) is 14.6 Å². The van der Waals surface area contributed by atoms with Crippen molar-refractivity contribution in [2.75, 3.05) is 0 Å². The molecule has 0 aliphatic heterocycles. The molecule has 0 unspecified atom stereocenters. The summed E-state index contributed by atoms with van der Waals surface area (Å²) < 4.78 is 25.7. The molecule has 4 nitrogen and oxygen atoms in total. The molecule has 0 spiro atoms. The molecule has 27 heavy (non-hydrogen) atoms. The molecular formula is C21H24ClNO3S. The average molecular weight is 406 g/mol. The standard InChI is InChI=1S/C21H24ClNO3S/c1-15-5-6-16(2)19(13-15)27(25,26)21(11-3-4-12-21)20(24)23-14-17-7-9-18(22)10-8-17/h5-10,13H,3-4,11-12,14H2,1-2H3,(H,23,24). The fourth-order valence-electron chi connectivity index (χ4n) is 3.72. The maximum Gasteiger partial charge on any atom is 0.242 e. The lowest BCUT2D eigenvalue weighted by Crippen LogP contribution is -2.50. The van der Waals surface area contributed by atoms with Crippen molar-refractivity contribution < 1.29 is 13.2 Å². The maximum atomic E-state index is 13.5. The van der Waals surface area contributed by atoms with E-state index in [1.54, 1.807) is 31.2 Å². The highest BCUT2D eigenvalue weighted by Gasteiger charge is 2.53. The minimum Gasteiger partial charge on any atom is -0.351 e. The Morgan fingerprint density at radius 2 is 1.70 bits per heavy atom. The van der Waals surface area contributed by atoms with Crippen molar-refractivity contribution in [3.05, 3.63) is 64.2 Å². The van der Waals surface area contributed by atoms with Gasteiger partial charge in [-0.05, 0) is 61.6 Å². The van der Waals surface area contributed by atoms with E-state index in [0.717, 1.165) is 24.0 Å². The van der Waals surface area contributed by atoms with E-state index in [-0.39, 0.29) is 11.4 Å². The van der Waals surface area contributed by atoms with Crippen LogP contribution in [-0.2, 0) is 21.2 Å². The van der Waals surface area contributed by atoms with Gasteiger partial charge in [-0.15, -0.1) is 0 Å². The van der Waals surface area contributed by atoms with E-state index in [4.69, 9.17) is 11.6 Å². The summed E-state index contributed by atoms with van der Waals surface area (Å²) in [4.78, 5) is 13.4. The minimum absolute atomic E-state index is 0.269. The Kier molecular flexibility index (Phi) is 5.63. The second kappa shape index (κ2) is 7.64. The number of nitrogens with one attached hydrogen (secondary N) is 1. The van der Waals surface area contributed by atoms with Crippen LogP contribution in [0.4, 0.5) is 0 Å². The lowest BCUT2D eigenvalue weighted by molar-refractivity contribution is -0.123. The molecule has 0 heterocycles. The molecule has 0 atom stereocenters. The third-order valence-electron chi connectivity index (χ3n) is 5.34. The fourth-order valence-corrected chi connectivity index (χ4v) is 6.24. The fraction of sp³-hybridized carbons (Fsp3) is 0.381. The van der Waals surface area contributed by atoms with E-state index in [1.165, 1.54) is 0 Å². The molecule has 1 fully saturated rings. The number of hydrogen-bond donors (Lipinski definition) is 1. The Balaban J connectivity index is 1.91. The molecule has 6 heteroatoms. The summed E-state index contributed by atoms with van der Waals surface area (Å²) in [7, 11) is -3.80. The summed E-state index contributed by atoms with van der Waals surface area (Å²) in [5.41, 5.74) is 2.43. The lowest BCUT2D eigenvalue weighted by Gasteiger charge is -2.28. The van der Waals surface area contributed by atoms with Crippen LogP contribution in [0.3, 0.4) is 0 Å². The number of halogens is 1. The third-order valence-corrected chi connectivity index (χ3v) is 8.23. The smallest absolute Gasteiger partial charge is 0.242 e. The number of rotatable bonds is 5. The van der Waals surface area contributed by atoms with Gasteiger partial charge in [0.2, 0.25) is 5.91 Å². The summed E-state index contributed by atoms with van der Waals surface area (Å²) in [6.45, 7) is 3.92. The first kappa shape index (κ1) is 19.9. The van der Waals surface area contributed by atoms with Gasteiger partial charge in [-0.1, -0.05) is 48.7 Å². The van der Waals surface area contributed by atoms with Crippen molar-refractivity contribution in [3.8, 4) is 0 Å². The van der Waals surface area contributed by atoms with E-state index >= 15 is 0 Å². The molecule has 1 N–H and O–H groups in total. The SMILES string of the molecule is Cc1ccc(C)c(S(=O)(=O)C2(C(=O)NCc3ccc(Cl)cc3)CCCC2)c1. The molecule has 1 aliphatic carbocycles. The number of carbonyl (C=O) groups excluding carboxylic acids is 1. The van der Waals surface area contributed by atoms with Crippen LogP contribution in [0.15, 0.2) is 47.4 Å². The summed E-state index contributed by atoms with van der Waals surface area (Å²) in [5, 5.41) is 3.47. The van der Waals surface area contributed by atoms with Gasteiger partial charge in [-0.2, -0.15) is 0 Å². The van der Waals surface area contributed by atoms with Crippen molar-refractivity contribution in [3.63, 3.8) is 0 Å². The van der Waals surface area contributed by atoms with E-state index in [2.05, 4.69) is 5.32 Å². The van der Waals surface area contributed by atoms with Gasteiger partial charge in [0.25, 0.3) is 0 Å². The normalized spacial score (nSPS) is 16.3. The Morgan fingerprint density at radius 3 is 2.33 bits per heavy atom. The molecule has 0 saturated heterocycles. The van der Waals surface area contributed by atoms with Crippen LogP contribution in [0.5, 0.6) is 0 Å². The van der Waals surface area contributed by atoms with Crippen LogP contribution in [-0.4, -0.2) is 19.1 Å². The van der Waals surface area contributed by atoms with Gasteiger partial charge < -0.3 is 5.32 Å². The molecule has 0 radical (unpaired) electrons. The maximum absolute atomic E-state index is 13.5. The number of aryl methyl sites for hydroxylation is 2. The van der Waals surface area contributed by atoms with Gasteiger partial charge >= 0.3 is 0 Å². The van der Waals surface area contributed by atoms with Crippen molar-refractivity contribution in [2.24, 2.45) is 0 Å². The highest BCUT2D eigenvalue weighted by atomic mass is 35.5. The summed E-state index contributed by atoms with van der Waals surface area (Å²) in [6.07, 6.45) is 2.18. The summed E-state index contributed by atoms with van der Waals surface area (Å²) in [5.74, 6) is -0.407. The first-order valence-corrected chi connectivity index (χ1v) is 11.0. The van der Waals surface area contributed by atoms with Gasteiger partial charge in [0, 0.05) is 11.6 Å². The van der Waals surface area contributed by atoms with Crippen LogP contribution in [0.1, 0.15) is 42.4 Å². The second-order valence-electron chi connectivity index (χ2n) is 7.28. The molecule has 0 bridgehead atoms. The molecular weight excluding hydrogens is 382 g/mol. The lowest BCUT2D eigenvalue weighted by atomic mass is 10.1. The van der Waals surface area contributed by atoms with Crippen LogP contribution in [0.2, 0.25) is 5.02 Å². The first-order valence-electron chi connectivity index (χ1n) is 9.11. The van der Waals surface area contributed by atoms with Crippen LogP contribution in [0, 0.1) is 13.8 Å². The van der Waals surface area contributed by atoms with Gasteiger partial charge in [-0.3, -0.25) is 4.79 Å². The minimum atomic E-state index is -3.80. The predicted molar refractivity (Wildman–Crippen MR) is 108 cm³/mol. The average Bonchev–Trinajstić information content (AvgIpc) is 3.14.